The van der Waals surface area contributed by atoms with Crippen LogP contribution in [0.15, 0.2) is 48.5 Å². The van der Waals surface area contributed by atoms with E-state index in [4.69, 9.17) is 9.47 Å². The van der Waals surface area contributed by atoms with Crippen LogP contribution in [-0.4, -0.2) is 25.5 Å². The summed E-state index contributed by atoms with van der Waals surface area (Å²) >= 11 is 0. The van der Waals surface area contributed by atoms with E-state index < -0.39 is 0 Å². The van der Waals surface area contributed by atoms with Gasteiger partial charge in [0.2, 0.25) is 0 Å². The lowest BCUT2D eigenvalue weighted by atomic mass is 9.85. The monoisotopic (exact) mass is 337 g/mol. The zero-order valence-corrected chi connectivity index (χ0v) is 15.1. The molecule has 0 aromatic heterocycles. The van der Waals surface area contributed by atoms with Crippen LogP contribution in [0.2, 0.25) is 0 Å². The minimum absolute atomic E-state index is 0.112. The van der Waals surface area contributed by atoms with Crippen molar-refractivity contribution in [3.05, 3.63) is 65.2 Å². The highest BCUT2D eigenvalue weighted by Gasteiger charge is 2.28. The standard InChI is InChI=1S/C21H23NO3/c1-21(2)13-14-7-5-6-8-16(14)18(22-21)12-19(23)17-11-15(24-3)9-10-20(17)25-4/h5-12,22H,13H2,1-4H3/b18-12-. The third-order valence-electron chi connectivity index (χ3n) is 4.36. The molecule has 4 nitrogen and oxygen atoms in total. The molecule has 1 N–H and O–H groups in total. The molecule has 0 bridgehead atoms. The minimum atomic E-state index is -0.120. The van der Waals surface area contributed by atoms with Gasteiger partial charge in [0.25, 0.3) is 0 Å². The molecule has 25 heavy (non-hydrogen) atoms. The molecule has 4 heteroatoms. The third kappa shape index (κ3) is 3.53. The summed E-state index contributed by atoms with van der Waals surface area (Å²) in [6.07, 6.45) is 2.56. The van der Waals surface area contributed by atoms with Crippen molar-refractivity contribution in [1.82, 2.24) is 5.32 Å². The molecule has 3 rings (SSSR count). The van der Waals surface area contributed by atoms with Crippen LogP contribution in [0, 0.1) is 0 Å². The molecule has 0 unspecified atom stereocenters. The molecular weight excluding hydrogens is 314 g/mol. The van der Waals surface area contributed by atoms with Gasteiger partial charge in [-0.2, -0.15) is 0 Å². The molecule has 0 saturated carbocycles. The Labute approximate surface area is 148 Å². The van der Waals surface area contributed by atoms with E-state index in [0.717, 1.165) is 17.7 Å². The van der Waals surface area contributed by atoms with Gasteiger partial charge in [0.05, 0.1) is 19.8 Å². The summed E-state index contributed by atoms with van der Waals surface area (Å²) in [5.74, 6) is 1.04. The first-order chi connectivity index (χ1) is 11.9. The Hall–Kier alpha value is -2.75. The number of fused-ring (bicyclic) bond motifs is 1. The first-order valence-electron chi connectivity index (χ1n) is 8.28. The van der Waals surface area contributed by atoms with Crippen LogP contribution in [-0.2, 0) is 6.42 Å². The van der Waals surface area contributed by atoms with Gasteiger partial charge < -0.3 is 14.8 Å². The SMILES string of the molecule is COc1ccc(OC)c(C(=O)/C=C2\NC(C)(C)Cc3ccccc32)c1. The molecule has 0 fully saturated rings. The second-order valence-electron chi connectivity index (χ2n) is 6.83. The Bertz CT molecular complexity index is 837. The van der Waals surface area contributed by atoms with Gasteiger partial charge in [-0.3, -0.25) is 4.79 Å². The lowest BCUT2D eigenvalue weighted by molar-refractivity contribution is 0.104. The molecule has 0 spiro atoms. The number of allylic oxidation sites excluding steroid dienone is 1. The molecular formula is C21H23NO3. The summed E-state index contributed by atoms with van der Waals surface area (Å²) in [4.78, 5) is 12.9. The van der Waals surface area contributed by atoms with Gasteiger partial charge in [-0.25, -0.2) is 0 Å². The van der Waals surface area contributed by atoms with E-state index in [0.29, 0.717) is 17.1 Å². The zero-order valence-electron chi connectivity index (χ0n) is 15.1. The zero-order chi connectivity index (χ0) is 18.0. The average Bonchev–Trinajstić information content (AvgIpc) is 2.60. The van der Waals surface area contributed by atoms with Crippen molar-refractivity contribution in [3.8, 4) is 11.5 Å². The Morgan fingerprint density at radius 2 is 1.88 bits per heavy atom. The van der Waals surface area contributed by atoms with Gasteiger partial charge in [-0.1, -0.05) is 24.3 Å². The minimum Gasteiger partial charge on any atom is -0.497 e. The van der Waals surface area contributed by atoms with E-state index in [2.05, 4.69) is 25.2 Å². The van der Waals surface area contributed by atoms with E-state index in [1.54, 1.807) is 38.5 Å². The summed E-state index contributed by atoms with van der Waals surface area (Å²) in [5.41, 5.74) is 3.51. The normalized spacial score (nSPS) is 16.7. The van der Waals surface area contributed by atoms with Crippen molar-refractivity contribution < 1.29 is 14.3 Å². The number of methoxy groups -OCH3 is 2. The number of carbonyl (C=O) groups excluding carboxylic acids is 1. The highest BCUT2D eigenvalue weighted by molar-refractivity contribution is 6.10. The molecule has 0 amide bonds. The van der Waals surface area contributed by atoms with Crippen molar-refractivity contribution >= 4 is 11.5 Å². The predicted molar refractivity (Wildman–Crippen MR) is 99.2 cm³/mol. The molecule has 0 aliphatic carbocycles. The van der Waals surface area contributed by atoms with Gasteiger partial charge in [0, 0.05) is 22.9 Å². The number of nitrogens with one attached hydrogen (secondary N) is 1. The molecule has 2 aromatic rings. The fourth-order valence-electron chi connectivity index (χ4n) is 3.22. The summed E-state index contributed by atoms with van der Waals surface area (Å²) in [6, 6.07) is 13.4. The number of hydrogen-bond acceptors (Lipinski definition) is 4. The topological polar surface area (TPSA) is 47.6 Å². The predicted octanol–water partition coefficient (Wildman–Crippen LogP) is 3.85. The van der Waals surface area contributed by atoms with E-state index in [-0.39, 0.29) is 11.3 Å². The third-order valence-corrected chi connectivity index (χ3v) is 4.36. The molecule has 0 radical (unpaired) electrons. The number of benzene rings is 2. The largest absolute Gasteiger partial charge is 0.497 e. The summed E-state index contributed by atoms with van der Waals surface area (Å²) in [6.45, 7) is 4.26. The summed E-state index contributed by atoms with van der Waals surface area (Å²) < 4.78 is 10.6. The Kier molecular flexibility index (Phi) is 4.53. The maximum absolute atomic E-state index is 12.9. The van der Waals surface area contributed by atoms with Crippen molar-refractivity contribution in [3.63, 3.8) is 0 Å². The summed E-state index contributed by atoms with van der Waals surface area (Å²) in [5, 5.41) is 3.48. The summed E-state index contributed by atoms with van der Waals surface area (Å²) in [7, 11) is 3.14. The number of rotatable bonds is 4. The van der Waals surface area contributed by atoms with Crippen LogP contribution in [0.1, 0.15) is 35.3 Å². The van der Waals surface area contributed by atoms with Gasteiger partial charge in [-0.15, -0.1) is 0 Å². The first kappa shape index (κ1) is 17.1. The van der Waals surface area contributed by atoms with Crippen molar-refractivity contribution in [1.29, 1.82) is 0 Å². The van der Waals surface area contributed by atoms with E-state index in [1.165, 1.54) is 5.56 Å². The van der Waals surface area contributed by atoms with Crippen molar-refractivity contribution in [2.75, 3.05) is 14.2 Å². The molecule has 0 atom stereocenters. The van der Waals surface area contributed by atoms with Crippen LogP contribution in [0.3, 0.4) is 0 Å². The van der Waals surface area contributed by atoms with Gasteiger partial charge in [0.1, 0.15) is 11.5 Å². The van der Waals surface area contributed by atoms with Crippen LogP contribution in [0.4, 0.5) is 0 Å². The lowest BCUT2D eigenvalue weighted by Crippen LogP contribution is -2.43. The van der Waals surface area contributed by atoms with Crippen LogP contribution in [0.25, 0.3) is 5.70 Å². The molecule has 130 valence electrons. The maximum atomic E-state index is 12.9. The fourth-order valence-corrected chi connectivity index (χ4v) is 3.22. The lowest BCUT2D eigenvalue weighted by Gasteiger charge is -2.35. The first-order valence-corrected chi connectivity index (χ1v) is 8.28. The van der Waals surface area contributed by atoms with E-state index >= 15 is 0 Å². The Balaban J connectivity index is 2.04. The van der Waals surface area contributed by atoms with E-state index in [9.17, 15) is 4.79 Å². The molecule has 0 saturated heterocycles. The molecule has 1 heterocycles. The molecule has 2 aromatic carbocycles. The maximum Gasteiger partial charge on any atom is 0.191 e. The second kappa shape index (κ2) is 6.63. The Morgan fingerprint density at radius 1 is 1.12 bits per heavy atom. The quantitative estimate of drug-likeness (QED) is 0.680. The fraction of sp³-hybridized carbons (Fsp3) is 0.286. The van der Waals surface area contributed by atoms with Crippen LogP contribution < -0.4 is 14.8 Å². The van der Waals surface area contributed by atoms with Crippen molar-refractivity contribution in [2.45, 2.75) is 25.8 Å². The Morgan fingerprint density at radius 3 is 2.60 bits per heavy atom. The highest BCUT2D eigenvalue weighted by Crippen LogP contribution is 2.31. The van der Waals surface area contributed by atoms with Gasteiger partial charge in [-0.05, 0) is 44.0 Å². The average molecular weight is 337 g/mol. The highest BCUT2D eigenvalue weighted by atomic mass is 16.5. The number of hydrogen-bond donors (Lipinski definition) is 1. The van der Waals surface area contributed by atoms with Crippen LogP contribution >= 0.6 is 0 Å². The number of ketones is 1. The molecule has 1 aliphatic rings. The number of carbonyl (C=O) groups is 1. The molecule has 1 aliphatic heterocycles. The van der Waals surface area contributed by atoms with Crippen LogP contribution in [0.5, 0.6) is 11.5 Å². The second-order valence-corrected chi connectivity index (χ2v) is 6.83. The number of ether oxygens (including phenoxy) is 2. The van der Waals surface area contributed by atoms with Gasteiger partial charge >= 0.3 is 0 Å². The smallest absolute Gasteiger partial charge is 0.191 e. The van der Waals surface area contributed by atoms with E-state index in [1.807, 2.05) is 18.2 Å². The van der Waals surface area contributed by atoms with Crippen molar-refractivity contribution in [2.24, 2.45) is 0 Å². The van der Waals surface area contributed by atoms with Gasteiger partial charge in [0.15, 0.2) is 5.78 Å².